The van der Waals surface area contributed by atoms with E-state index in [9.17, 15) is 14.4 Å². The lowest BCUT2D eigenvalue weighted by atomic mass is 9.89. The fourth-order valence-corrected chi connectivity index (χ4v) is 4.71. The predicted octanol–water partition coefficient (Wildman–Crippen LogP) is 2.82. The van der Waals surface area contributed by atoms with E-state index in [1.807, 2.05) is 30.3 Å². The minimum Gasteiger partial charge on any atom is -0.346 e. The smallest absolute Gasteiger partial charge is 0.289 e. The lowest BCUT2D eigenvalue weighted by molar-refractivity contribution is -0.127. The zero-order valence-corrected chi connectivity index (χ0v) is 16.4. The summed E-state index contributed by atoms with van der Waals surface area (Å²) in [7, 11) is 1.74. The van der Waals surface area contributed by atoms with E-state index in [1.165, 1.54) is 4.90 Å². The van der Waals surface area contributed by atoms with Crippen LogP contribution in [0.2, 0.25) is 0 Å². The zero-order chi connectivity index (χ0) is 19.7. The zero-order valence-electron chi connectivity index (χ0n) is 15.6. The highest BCUT2D eigenvalue weighted by Gasteiger charge is 2.41. The van der Waals surface area contributed by atoms with Gasteiger partial charge in [-0.15, -0.1) is 0 Å². The molecule has 28 heavy (non-hydrogen) atoms. The van der Waals surface area contributed by atoms with Gasteiger partial charge in [0.2, 0.25) is 5.91 Å². The molecule has 2 aromatic rings. The van der Waals surface area contributed by atoms with Gasteiger partial charge in [0.05, 0.1) is 23.5 Å². The maximum Gasteiger partial charge on any atom is 0.289 e. The largest absolute Gasteiger partial charge is 0.346 e. The summed E-state index contributed by atoms with van der Waals surface area (Å²) in [5, 5.41) is 7.30. The van der Waals surface area contributed by atoms with Gasteiger partial charge in [-0.2, -0.15) is 5.10 Å². The topological polar surface area (TPSA) is 84.3 Å². The van der Waals surface area contributed by atoms with Gasteiger partial charge in [0.1, 0.15) is 5.69 Å². The normalized spacial score (nSPS) is 22.5. The fraction of sp³-hybridized carbons (Fsp3) is 0.400. The molecule has 1 saturated heterocycles. The summed E-state index contributed by atoms with van der Waals surface area (Å²) < 4.78 is 1.57. The molecule has 7 nitrogen and oxygen atoms in total. The molecule has 0 radical (unpaired) electrons. The second kappa shape index (κ2) is 7.79. The Balaban J connectivity index is 1.53. The maximum absolute atomic E-state index is 12.9. The Morgan fingerprint density at radius 1 is 1.18 bits per heavy atom. The van der Waals surface area contributed by atoms with Crippen LogP contribution < -0.4 is 5.32 Å². The summed E-state index contributed by atoms with van der Waals surface area (Å²) >= 11 is 1.04. The summed E-state index contributed by atoms with van der Waals surface area (Å²) in [5.41, 5.74) is 2.13. The third-order valence-electron chi connectivity index (χ3n) is 5.34. The van der Waals surface area contributed by atoms with E-state index in [2.05, 4.69) is 10.4 Å². The lowest BCUT2D eigenvalue weighted by Crippen LogP contribution is -2.54. The number of nitrogens with zero attached hydrogens (tertiary/aromatic N) is 3. The van der Waals surface area contributed by atoms with Gasteiger partial charge in [-0.05, 0) is 18.9 Å². The average Bonchev–Trinajstić information content (AvgIpc) is 3.25. The van der Waals surface area contributed by atoms with E-state index in [1.54, 1.807) is 17.8 Å². The summed E-state index contributed by atoms with van der Waals surface area (Å²) in [6, 6.07) is 11.0. The number of rotatable bonds is 4. The number of carbonyl (C=O) groups excluding carboxylic acids is 3. The van der Waals surface area contributed by atoms with Gasteiger partial charge in [-0.1, -0.05) is 54.9 Å². The van der Waals surface area contributed by atoms with Crippen molar-refractivity contribution in [2.24, 2.45) is 7.05 Å². The maximum atomic E-state index is 12.9. The Bertz CT molecular complexity index is 895. The molecule has 2 atom stereocenters. The van der Waals surface area contributed by atoms with Gasteiger partial charge in [-0.25, -0.2) is 0 Å². The molecular formula is C20H22N4O3S. The molecule has 1 aromatic carbocycles. The number of amides is 3. The Labute approximate surface area is 167 Å². The van der Waals surface area contributed by atoms with E-state index >= 15 is 0 Å². The molecular weight excluding hydrogens is 376 g/mol. The first-order valence-electron chi connectivity index (χ1n) is 9.44. The van der Waals surface area contributed by atoms with Crippen LogP contribution in [0.3, 0.4) is 0 Å². The Morgan fingerprint density at radius 3 is 2.64 bits per heavy atom. The molecule has 1 N–H and O–H groups in total. The molecule has 1 aliphatic heterocycles. The van der Waals surface area contributed by atoms with Crippen molar-refractivity contribution >= 4 is 28.8 Å². The van der Waals surface area contributed by atoms with E-state index in [-0.39, 0.29) is 34.9 Å². The average molecular weight is 398 g/mol. The highest BCUT2D eigenvalue weighted by Crippen LogP contribution is 2.30. The molecule has 2 aliphatic rings. The number of aryl methyl sites for hydroxylation is 1. The number of hydrogen-bond acceptors (Lipinski definition) is 5. The first-order valence-corrected chi connectivity index (χ1v) is 10.4. The second-order valence-corrected chi connectivity index (χ2v) is 8.08. The van der Waals surface area contributed by atoms with E-state index in [4.69, 9.17) is 0 Å². The van der Waals surface area contributed by atoms with Crippen LogP contribution in [0, 0.1) is 0 Å². The van der Waals surface area contributed by atoms with Crippen molar-refractivity contribution in [1.82, 2.24) is 20.0 Å². The van der Waals surface area contributed by atoms with Crippen LogP contribution in [0.4, 0.5) is 4.79 Å². The minimum absolute atomic E-state index is 0.159. The van der Waals surface area contributed by atoms with Crippen LogP contribution in [0.15, 0.2) is 36.4 Å². The fourth-order valence-electron chi connectivity index (χ4n) is 3.95. The molecule has 2 heterocycles. The quantitative estimate of drug-likeness (QED) is 0.856. The number of aromatic nitrogens is 2. The molecule has 0 spiro atoms. The van der Waals surface area contributed by atoms with Crippen LogP contribution in [0.5, 0.6) is 0 Å². The van der Waals surface area contributed by atoms with Crippen molar-refractivity contribution in [3.63, 3.8) is 0 Å². The number of thioether (sulfide) groups is 1. The molecule has 1 aromatic heterocycles. The van der Waals surface area contributed by atoms with Crippen LogP contribution in [0.25, 0.3) is 11.3 Å². The first kappa shape index (κ1) is 18.7. The summed E-state index contributed by atoms with van der Waals surface area (Å²) in [5.74, 6) is -0.202. The molecule has 2 fully saturated rings. The Hall–Kier alpha value is -2.61. The molecule has 0 unspecified atom stereocenters. The van der Waals surface area contributed by atoms with E-state index in [0.717, 1.165) is 48.7 Å². The molecule has 0 bridgehead atoms. The monoisotopic (exact) mass is 398 g/mol. The van der Waals surface area contributed by atoms with E-state index < -0.39 is 0 Å². The van der Waals surface area contributed by atoms with E-state index in [0.29, 0.717) is 5.69 Å². The third-order valence-corrected chi connectivity index (χ3v) is 6.18. The van der Waals surface area contributed by atoms with Gasteiger partial charge in [0.15, 0.2) is 0 Å². The summed E-state index contributed by atoms with van der Waals surface area (Å²) in [6.45, 7) is 0. The van der Waals surface area contributed by atoms with Crippen molar-refractivity contribution < 1.29 is 14.4 Å². The van der Waals surface area contributed by atoms with Gasteiger partial charge in [-0.3, -0.25) is 24.0 Å². The van der Waals surface area contributed by atoms with Crippen LogP contribution in [0.1, 0.15) is 36.2 Å². The van der Waals surface area contributed by atoms with Crippen LogP contribution >= 0.6 is 11.8 Å². The number of imide groups is 1. The molecule has 146 valence electrons. The number of hydrogen-bond donors (Lipinski definition) is 1. The standard InChI is InChI=1S/C20H22N4O3S/c1-23-17(11-15(22-23)13-7-3-2-4-8-13)19(26)21-14-9-5-6-10-16(14)24-18(25)12-28-20(24)27/h2-4,7-8,11,14,16H,5-6,9-10,12H2,1H3,(H,21,26)/t14-,16+/m1/s1. The van der Waals surface area contributed by atoms with Crippen molar-refractivity contribution in [2.45, 2.75) is 37.8 Å². The van der Waals surface area contributed by atoms with Gasteiger partial charge >= 0.3 is 0 Å². The SMILES string of the molecule is Cn1nc(-c2ccccc2)cc1C(=O)N[C@@H]1CCCC[C@@H]1N1C(=O)CSC1=O. The lowest BCUT2D eigenvalue weighted by Gasteiger charge is -2.36. The van der Waals surface area contributed by atoms with Crippen LogP contribution in [-0.2, 0) is 11.8 Å². The molecule has 1 saturated carbocycles. The van der Waals surface area contributed by atoms with Crippen molar-refractivity contribution in [1.29, 1.82) is 0 Å². The molecule has 1 aliphatic carbocycles. The number of nitrogens with one attached hydrogen (secondary N) is 1. The number of benzene rings is 1. The van der Waals surface area contributed by atoms with Gasteiger partial charge < -0.3 is 5.32 Å². The first-order chi connectivity index (χ1) is 13.5. The van der Waals surface area contributed by atoms with Crippen LogP contribution in [-0.4, -0.2) is 49.6 Å². The Morgan fingerprint density at radius 2 is 1.93 bits per heavy atom. The summed E-state index contributed by atoms with van der Waals surface area (Å²) in [6.07, 6.45) is 3.39. The molecule has 4 rings (SSSR count). The highest BCUT2D eigenvalue weighted by molar-refractivity contribution is 8.14. The second-order valence-electron chi connectivity index (χ2n) is 7.15. The van der Waals surface area contributed by atoms with Crippen molar-refractivity contribution in [3.05, 3.63) is 42.1 Å². The van der Waals surface area contributed by atoms with Crippen molar-refractivity contribution in [3.8, 4) is 11.3 Å². The molecule has 3 amide bonds. The third kappa shape index (κ3) is 3.56. The number of carbonyl (C=O) groups is 3. The predicted molar refractivity (Wildman–Crippen MR) is 107 cm³/mol. The van der Waals surface area contributed by atoms with Gasteiger partial charge in [0.25, 0.3) is 11.1 Å². The van der Waals surface area contributed by atoms with Crippen molar-refractivity contribution in [2.75, 3.05) is 5.75 Å². The minimum atomic E-state index is -0.269. The summed E-state index contributed by atoms with van der Waals surface area (Å²) in [4.78, 5) is 38.6. The molecule has 8 heteroatoms. The Kier molecular flexibility index (Phi) is 5.21. The van der Waals surface area contributed by atoms with Gasteiger partial charge in [0, 0.05) is 12.6 Å². The highest BCUT2D eigenvalue weighted by atomic mass is 32.2.